The lowest BCUT2D eigenvalue weighted by Gasteiger charge is -2.27. The molecule has 1 aromatic heterocycles. The van der Waals surface area contributed by atoms with Crippen molar-refractivity contribution in [2.75, 3.05) is 18.0 Å². The van der Waals surface area contributed by atoms with E-state index < -0.39 is 5.60 Å². The van der Waals surface area contributed by atoms with Gasteiger partial charge in [-0.25, -0.2) is 4.98 Å². The number of nitrogens with zero attached hydrogens (tertiary/aromatic N) is 3. The first-order valence-corrected chi connectivity index (χ1v) is 6.41. The Morgan fingerprint density at radius 2 is 2.06 bits per heavy atom. The van der Waals surface area contributed by atoms with Crippen LogP contribution in [-0.4, -0.2) is 33.2 Å². The zero-order valence-corrected chi connectivity index (χ0v) is 11.5. The fraction of sp³-hybridized carbons (Fsp3) is 0.818. The predicted octanol–water partition coefficient (Wildman–Crippen LogP) is 2.26. The van der Waals surface area contributed by atoms with E-state index in [1.54, 1.807) is 13.8 Å². The zero-order chi connectivity index (χ0) is 12.3. The van der Waals surface area contributed by atoms with E-state index in [9.17, 15) is 5.11 Å². The summed E-state index contributed by atoms with van der Waals surface area (Å²) >= 11 is 1.40. The molecule has 4 nitrogen and oxygen atoms in total. The third-order valence-electron chi connectivity index (χ3n) is 2.18. The maximum atomic E-state index is 9.81. The highest BCUT2D eigenvalue weighted by atomic mass is 32.1. The lowest BCUT2D eigenvalue weighted by molar-refractivity contribution is 0.0876. The fourth-order valence-electron chi connectivity index (χ4n) is 1.37. The Morgan fingerprint density at radius 1 is 1.44 bits per heavy atom. The van der Waals surface area contributed by atoms with Crippen LogP contribution in [0.3, 0.4) is 0 Å². The number of hydrogen-bond donors (Lipinski definition) is 1. The summed E-state index contributed by atoms with van der Waals surface area (Å²) in [6, 6.07) is 0. The van der Waals surface area contributed by atoms with Gasteiger partial charge in [-0.2, -0.15) is 4.37 Å². The highest BCUT2D eigenvalue weighted by Crippen LogP contribution is 2.22. The van der Waals surface area contributed by atoms with Crippen molar-refractivity contribution in [1.29, 1.82) is 0 Å². The molecule has 0 fully saturated rings. The Balaban J connectivity index is 2.79. The Hall–Kier alpha value is -0.680. The Bertz CT molecular complexity index is 330. The van der Waals surface area contributed by atoms with Crippen molar-refractivity contribution in [1.82, 2.24) is 9.36 Å². The average molecular weight is 243 g/mol. The predicted molar refractivity (Wildman–Crippen MR) is 68.2 cm³/mol. The van der Waals surface area contributed by atoms with Gasteiger partial charge in [-0.05, 0) is 20.8 Å². The highest BCUT2D eigenvalue weighted by molar-refractivity contribution is 7.09. The van der Waals surface area contributed by atoms with Gasteiger partial charge in [-0.1, -0.05) is 13.8 Å². The summed E-state index contributed by atoms with van der Waals surface area (Å²) in [6.07, 6.45) is 0. The molecular formula is C11H21N3OS. The van der Waals surface area contributed by atoms with E-state index in [-0.39, 0.29) is 0 Å². The van der Waals surface area contributed by atoms with E-state index in [4.69, 9.17) is 0 Å². The monoisotopic (exact) mass is 243 g/mol. The molecule has 0 aromatic carbocycles. The maximum Gasteiger partial charge on any atom is 0.205 e. The Morgan fingerprint density at radius 3 is 2.44 bits per heavy atom. The van der Waals surface area contributed by atoms with Crippen molar-refractivity contribution in [3.05, 3.63) is 5.82 Å². The quantitative estimate of drug-likeness (QED) is 0.862. The van der Waals surface area contributed by atoms with Crippen molar-refractivity contribution in [2.24, 2.45) is 0 Å². The molecule has 0 spiro atoms. The number of aliphatic hydroxyl groups is 1. The minimum atomic E-state index is -0.709. The SMILES string of the molecule is CCN(CC(C)(C)O)c1nc(C(C)C)ns1. The Kier molecular flexibility index (Phi) is 4.27. The average Bonchev–Trinajstić information content (AvgIpc) is 2.61. The van der Waals surface area contributed by atoms with Crippen LogP contribution >= 0.6 is 11.5 Å². The van der Waals surface area contributed by atoms with Gasteiger partial charge >= 0.3 is 0 Å². The molecule has 1 aromatic rings. The van der Waals surface area contributed by atoms with Gasteiger partial charge in [0.25, 0.3) is 0 Å². The number of aromatic nitrogens is 2. The van der Waals surface area contributed by atoms with E-state index in [0.717, 1.165) is 17.5 Å². The minimum Gasteiger partial charge on any atom is -0.389 e. The van der Waals surface area contributed by atoms with Crippen LogP contribution < -0.4 is 4.90 Å². The molecule has 0 radical (unpaired) electrons. The first-order chi connectivity index (χ1) is 7.33. The van der Waals surface area contributed by atoms with Crippen LogP contribution in [0.1, 0.15) is 46.4 Å². The van der Waals surface area contributed by atoms with Crippen molar-refractivity contribution >= 4 is 16.7 Å². The van der Waals surface area contributed by atoms with E-state index in [1.807, 2.05) is 0 Å². The van der Waals surface area contributed by atoms with Gasteiger partial charge in [0.05, 0.1) is 5.60 Å². The number of rotatable bonds is 5. The minimum absolute atomic E-state index is 0.353. The molecule has 0 aliphatic heterocycles. The number of likely N-dealkylation sites (N-methyl/N-ethyl adjacent to an activating group) is 1. The molecule has 0 atom stereocenters. The molecule has 5 heteroatoms. The maximum absolute atomic E-state index is 9.81. The van der Waals surface area contributed by atoms with E-state index in [0.29, 0.717) is 12.5 Å². The third kappa shape index (κ3) is 3.72. The lowest BCUT2D eigenvalue weighted by atomic mass is 10.1. The van der Waals surface area contributed by atoms with Gasteiger partial charge in [0.15, 0.2) is 0 Å². The molecule has 0 aliphatic carbocycles. The van der Waals surface area contributed by atoms with Crippen LogP contribution in [0.4, 0.5) is 5.13 Å². The van der Waals surface area contributed by atoms with Gasteiger partial charge in [-0.15, -0.1) is 0 Å². The van der Waals surface area contributed by atoms with Crippen LogP contribution in [0, 0.1) is 0 Å². The van der Waals surface area contributed by atoms with E-state index in [2.05, 4.69) is 35.0 Å². The summed E-state index contributed by atoms with van der Waals surface area (Å²) < 4.78 is 4.32. The lowest BCUT2D eigenvalue weighted by Crippen LogP contribution is -2.38. The standard InChI is InChI=1S/C11H21N3OS/c1-6-14(7-11(4,5)15)10-12-9(8(2)3)13-16-10/h8,15H,6-7H2,1-5H3. The molecule has 16 heavy (non-hydrogen) atoms. The van der Waals surface area contributed by atoms with Crippen molar-refractivity contribution in [3.63, 3.8) is 0 Å². The fourth-order valence-corrected chi connectivity index (χ4v) is 2.24. The number of anilines is 1. The molecule has 92 valence electrons. The molecule has 0 aliphatic rings. The third-order valence-corrected chi connectivity index (χ3v) is 2.97. The number of hydrogen-bond acceptors (Lipinski definition) is 5. The van der Waals surface area contributed by atoms with Crippen LogP contribution in [-0.2, 0) is 0 Å². The summed E-state index contributed by atoms with van der Waals surface area (Å²) in [6.45, 7) is 11.2. The smallest absolute Gasteiger partial charge is 0.205 e. The van der Waals surface area contributed by atoms with Gasteiger partial charge in [0.1, 0.15) is 5.82 Å². The van der Waals surface area contributed by atoms with E-state index in [1.165, 1.54) is 11.5 Å². The first kappa shape index (κ1) is 13.4. The first-order valence-electron chi connectivity index (χ1n) is 5.64. The summed E-state index contributed by atoms with van der Waals surface area (Å²) in [4.78, 5) is 6.55. The normalized spacial score (nSPS) is 12.2. The largest absolute Gasteiger partial charge is 0.389 e. The molecule has 1 N–H and O–H groups in total. The molecule has 0 unspecified atom stereocenters. The van der Waals surface area contributed by atoms with Crippen molar-refractivity contribution in [2.45, 2.75) is 46.1 Å². The van der Waals surface area contributed by atoms with Gasteiger partial charge in [0.2, 0.25) is 5.13 Å². The van der Waals surface area contributed by atoms with Crippen LogP contribution in [0.2, 0.25) is 0 Å². The second kappa shape index (κ2) is 5.10. The topological polar surface area (TPSA) is 49.2 Å². The summed E-state index contributed by atoms with van der Waals surface area (Å²) in [5, 5.41) is 10.7. The molecule has 0 saturated heterocycles. The zero-order valence-electron chi connectivity index (χ0n) is 10.7. The Labute approximate surface area is 101 Å². The summed E-state index contributed by atoms with van der Waals surface area (Å²) in [7, 11) is 0. The van der Waals surface area contributed by atoms with Crippen LogP contribution in [0.5, 0.6) is 0 Å². The van der Waals surface area contributed by atoms with Crippen molar-refractivity contribution < 1.29 is 5.11 Å². The molecule has 1 rings (SSSR count). The second-order valence-corrected chi connectivity index (χ2v) is 5.65. The summed E-state index contributed by atoms with van der Waals surface area (Å²) in [5.41, 5.74) is -0.709. The van der Waals surface area contributed by atoms with E-state index >= 15 is 0 Å². The molecule has 0 saturated carbocycles. The van der Waals surface area contributed by atoms with Gasteiger partial charge in [-0.3, -0.25) is 0 Å². The second-order valence-electron chi connectivity index (χ2n) is 4.92. The van der Waals surface area contributed by atoms with Gasteiger partial charge < -0.3 is 10.0 Å². The molecule has 0 amide bonds. The van der Waals surface area contributed by atoms with Crippen LogP contribution in [0.15, 0.2) is 0 Å². The van der Waals surface area contributed by atoms with Crippen molar-refractivity contribution in [3.8, 4) is 0 Å². The molecule has 0 bridgehead atoms. The molecule has 1 heterocycles. The van der Waals surface area contributed by atoms with Gasteiger partial charge in [0, 0.05) is 30.5 Å². The van der Waals surface area contributed by atoms with Crippen LogP contribution in [0.25, 0.3) is 0 Å². The highest BCUT2D eigenvalue weighted by Gasteiger charge is 2.20. The molecular weight excluding hydrogens is 222 g/mol. The summed E-state index contributed by atoms with van der Waals surface area (Å²) in [5.74, 6) is 1.24.